The zero-order valence-electron chi connectivity index (χ0n) is 33.2. The van der Waals surface area contributed by atoms with Gasteiger partial charge in [0.2, 0.25) is 17.8 Å². The lowest BCUT2D eigenvalue weighted by Crippen LogP contribution is -2.64. The minimum atomic E-state index is -0.986. The summed E-state index contributed by atoms with van der Waals surface area (Å²) in [5, 5.41) is 9.12. The van der Waals surface area contributed by atoms with E-state index >= 15 is 0 Å². The van der Waals surface area contributed by atoms with Crippen LogP contribution in [0, 0.1) is 5.41 Å². The third-order valence-corrected chi connectivity index (χ3v) is 12.6. The quantitative estimate of drug-likeness (QED) is 0.186. The predicted octanol–water partition coefficient (Wildman–Crippen LogP) is 3.39. The Morgan fingerprint density at radius 3 is 2.45 bits per heavy atom. The fourth-order valence-electron chi connectivity index (χ4n) is 9.13. The first-order chi connectivity index (χ1) is 28.9. The smallest absolute Gasteiger partial charge is 0.293 e. The van der Waals surface area contributed by atoms with Gasteiger partial charge in [-0.2, -0.15) is 4.98 Å². The Hall–Kier alpha value is -6.07. The van der Waals surface area contributed by atoms with Crippen LogP contribution in [0.5, 0.6) is 5.75 Å². The second kappa shape index (κ2) is 15.5. The summed E-state index contributed by atoms with van der Waals surface area (Å²) in [5.41, 5.74) is 2.71. The van der Waals surface area contributed by atoms with Gasteiger partial charge in [-0.15, -0.1) is 0 Å². The van der Waals surface area contributed by atoms with Crippen LogP contribution in [0.1, 0.15) is 66.2 Å². The summed E-state index contributed by atoms with van der Waals surface area (Å²) in [7, 11) is 1.50. The number of aromatic nitrogens is 3. The van der Waals surface area contributed by atoms with E-state index in [-0.39, 0.29) is 65.4 Å². The van der Waals surface area contributed by atoms with Gasteiger partial charge in [0.1, 0.15) is 11.1 Å². The van der Waals surface area contributed by atoms with Crippen molar-refractivity contribution in [1.29, 1.82) is 0 Å². The maximum Gasteiger partial charge on any atom is 0.293 e. The lowest BCUT2D eigenvalue weighted by molar-refractivity contribution is -0.136. The van der Waals surface area contributed by atoms with Gasteiger partial charge in [0.15, 0.2) is 18.2 Å². The molecule has 0 bridgehead atoms. The van der Waals surface area contributed by atoms with Crippen molar-refractivity contribution in [1.82, 2.24) is 30.1 Å². The molecule has 4 aromatic rings. The Morgan fingerprint density at radius 1 is 0.950 bits per heavy atom. The molecule has 17 nitrogen and oxygen atoms in total. The number of aryl methyl sites for hydroxylation is 1. The van der Waals surface area contributed by atoms with Crippen LogP contribution in [0.15, 0.2) is 53.5 Å². The number of likely N-dealkylation sites (N-methyl/N-ethyl adjacent to an activating group) is 1. The number of halogens is 1. The number of anilines is 4. The van der Waals surface area contributed by atoms with Crippen molar-refractivity contribution in [2.45, 2.75) is 70.2 Å². The van der Waals surface area contributed by atoms with Crippen molar-refractivity contribution >= 4 is 75.2 Å². The van der Waals surface area contributed by atoms with E-state index in [0.29, 0.717) is 29.0 Å². The maximum absolute atomic E-state index is 13.3. The largest absolute Gasteiger partial charge is 0.478 e. The van der Waals surface area contributed by atoms with Gasteiger partial charge >= 0.3 is 0 Å². The Balaban J connectivity index is 0.766. The lowest BCUT2D eigenvalue weighted by atomic mass is 9.61. The molecule has 2 aromatic carbocycles. The van der Waals surface area contributed by atoms with E-state index in [0.717, 1.165) is 73.4 Å². The van der Waals surface area contributed by atoms with Gasteiger partial charge in [-0.25, -0.2) is 4.98 Å². The number of ether oxygens (including phenoxy) is 2. The highest BCUT2D eigenvalue weighted by molar-refractivity contribution is 6.33. The van der Waals surface area contributed by atoms with Crippen molar-refractivity contribution in [3.05, 3.63) is 75.2 Å². The number of hydrogen-bond acceptors (Lipinski definition) is 13. The summed E-state index contributed by atoms with van der Waals surface area (Å²) in [6.45, 7) is 5.14. The van der Waals surface area contributed by atoms with Gasteiger partial charge < -0.3 is 34.5 Å². The third kappa shape index (κ3) is 7.18. The number of nitrogens with zero attached hydrogens (tertiary/aromatic N) is 6. The van der Waals surface area contributed by atoms with Gasteiger partial charge in [0.05, 0.1) is 35.0 Å². The van der Waals surface area contributed by atoms with Gasteiger partial charge in [0, 0.05) is 68.4 Å². The molecule has 3 saturated heterocycles. The molecule has 3 N–H and O–H groups in total. The lowest BCUT2D eigenvalue weighted by Gasteiger charge is -2.60. The van der Waals surface area contributed by atoms with E-state index in [1.165, 1.54) is 7.05 Å². The molecule has 5 aliphatic rings. The minimum Gasteiger partial charge on any atom is -0.478 e. The molecule has 4 aliphatic heterocycles. The van der Waals surface area contributed by atoms with E-state index in [1.54, 1.807) is 29.0 Å². The zero-order valence-corrected chi connectivity index (χ0v) is 33.9. The number of rotatable bonds is 11. The molecule has 6 heterocycles. The topological polar surface area (TPSA) is 197 Å². The molecular weight excluding hydrogens is 794 g/mol. The standard InChI is InChI=1S/C42H44ClN9O8/c1-3-51-31-7-4-24(14-23(31)15-33(40(51)58)59-20-35(54)44-2)46-36-30(43)19-45-41(48-36)49-12-10-26(11-13-49)60-27-17-42(18-27)21-50(22-42)25-5-6-28-29(16-25)39(57)52(38(28)56)32-8-9-34(53)47-37(32)55/h4-7,14-16,19,26-27,32H,3,8-13,17-18,20-22H2,1-2H3,(H,44,54)(H,45,46,48)(H,47,53,55). The van der Waals surface area contributed by atoms with Crippen LogP contribution in [0.2, 0.25) is 5.02 Å². The summed E-state index contributed by atoms with van der Waals surface area (Å²) in [5.74, 6) is -1.27. The number of amides is 5. The third-order valence-electron chi connectivity index (χ3n) is 12.3. The predicted molar refractivity (Wildman–Crippen MR) is 221 cm³/mol. The van der Waals surface area contributed by atoms with Crippen LogP contribution in [-0.4, -0.2) is 107 Å². The maximum atomic E-state index is 13.3. The molecule has 1 atom stereocenters. The molecule has 0 radical (unpaired) electrons. The second-order valence-corrected chi connectivity index (χ2v) is 16.6. The molecule has 18 heteroatoms. The molecule has 60 heavy (non-hydrogen) atoms. The van der Waals surface area contributed by atoms with Gasteiger partial charge in [-0.1, -0.05) is 11.6 Å². The van der Waals surface area contributed by atoms with Crippen LogP contribution in [0.3, 0.4) is 0 Å². The van der Waals surface area contributed by atoms with Crippen LogP contribution in [0.4, 0.5) is 23.1 Å². The summed E-state index contributed by atoms with van der Waals surface area (Å²) >= 11 is 6.56. The van der Waals surface area contributed by atoms with Crippen LogP contribution in [-0.2, 0) is 25.7 Å². The molecular formula is C42H44ClN9O8. The molecule has 1 saturated carbocycles. The number of hydrogen-bond donors (Lipinski definition) is 3. The highest BCUT2D eigenvalue weighted by Crippen LogP contribution is 2.51. The van der Waals surface area contributed by atoms with Crippen molar-refractivity contribution in [2.75, 3.05) is 55.0 Å². The average Bonchev–Trinajstić information content (AvgIpc) is 3.46. The van der Waals surface area contributed by atoms with E-state index in [1.807, 2.05) is 31.2 Å². The van der Waals surface area contributed by atoms with Crippen molar-refractivity contribution in [3.8, 4) is 5.75 Å². The SMILES string of the molecule is CCn1c(=O)c(OCC(=O)NC)cc2cc(Nc3nc(N4CCC(OC5CC6(C5)CN(c5ccc7c(c5)C(=O)N(C5CCC(=O)NC5=O)C7=O)C6)CC4)ncc3Cl)ccc21. The number of imide groups is 2. The molecule has 4 fully saturated rings. The number of pyridine rings is 1. The zero-order chi connectivity index (χ0) is 41.9. The normalized spacial score (nSPS) is 20.2. The summed E-state index contributed by atoms with van der Waals surface area (Å²) in [4.78, 5) is 89.9. The fraction of sp³-hybridized carbons (Fsp3) is 0.429. The van der Waals surface area contributed by atoms with Gasteiger partial charge in [-0.05, 0) is 81.5 Å². The Kier molecular flexibility index (Phi) is 10.2. The Labute approximate surface area is 349 Å². The monoisotopic (exact) mass is 837 g/mol. The number of carbonyl (C=O) groups excluding carboxylic acids is 5. The van der Waals surface area contributed by atoms with Crippen LogP contribution >= 0.6 is 11.6 Å². The van der Waals surface area contributed by atoms with Crippen molar-refractivity contribution in [3.63, 3.8) is 0 Å². The molecule has 1 spiro atoms. The first-order valence-electron chi connectivity index (χ1n) is 20.2. The highest BCUT2D eigenvalue weighted by Gasteiger charge is 2.54. The first kappa shape index (κ1) is 39.4. The summed E-state index contributed by atoms with van der Waals surface area (Å²) < 4.78 is 13.7. The Morgan fingerprint density at radius 2 is 1.72 bits per heavy atom. The van der Waals surface area contributed by atoms with Gasteiger partial charge in [-0.3, -0.25) is 39.0 Å². The molecule has 2 aromatic heterocycles. The van der Waals surface area contributed by atoms with Crippen LogP contribution < -0.4 is 36.0 Å². The van der Waals surface area contributed by atoms with Gasteiger partial charge in [0.25, 0.3) is 23.3 Å². The van der Waals surface area contributed by atoms with E-state index < -0.39 is 29.7 Å². The van der Waals surface area contributed by atoms with Crippen molar-refractivity contribution < 1.29 is 33.4 Å². The number of benzene rings is 2. The van der Waals surface area contributed by atoms with E-state index in [4.69, 9.17) is 26.1 Å². The minimum absolute atomic E-state index is 0.0807. The van der Waals surface area contributed by atoms with Crippen LogP contribution in [0.25, 0.3) is 10.9 Å². The van der Waals surface area contributed by atoms with Crippen molar-refractivity contribution in [2.24, 2.45) is 5.41 Å². The highest BCUT2D eigenvalue weighted by atomic mass is 35.5. The second-order valence-electron chi connectivity index (χ2n) is 16.2. The fourth-order valence-corrected chi connectivity index (χ4v) is 9.27. The molecule has 1 unspecified atom stereocenters. The molecule has 1 aliphatic carbocycles. The number of carbonyl (C=O) groups is 5. The number of piperidine rings is 2. The molecule has 312 valence electrons. The van der Waals surface area contributed by atoms with E-state index in [2.05, 4.69) is 30.7 Å². The molecule has 5 amide bonds. The first-order valence-corrected chi connectivity index (χ1v) is 20.6. The van der Waals surface area contributed by atoms with E-state index in [9.17, 15) is 28.8 Å². The number of fused-ring (bicyclic) bond motifs is 2. The Bertz CT molecular complexity index is 2510. The summed E-state index contributed by atoms with van der Waals surface area (Å²) in [6.07, 6.45) is 5.67. The number of nitrogens with one attached hydrogen (secondary N) is 3. The summed E-state index contributed by atoms with van der Waals surface area (Å²) in [6, 6.07) is 11.5. The average molecular weight is 838 g/mol. The molecule has 9 rings (SSSR count).